The van der Waals surface area contributed by atoms with Crippen molar-refractivity contribution < 1.29 is 8.95 Å². The van der Waals surface area contributed by atoms with Crippen molar-refractivity contribution in [2.24, 2.45) is 0 Å². The quantitative estimate of drug-likeness (QED) is 0.200. The van der Waals surface area contributed by atoms with Gasteiger partial charge in [-0.2, -0.15) is 0 Å². The summed E-state index contributed by atoms with van der Waals surface area (Å²) in [7, 11) is -1.48. The SMILES string of the molecule is CC.O=S(/C=C/c1cccc(Cl)c1)N(Cc1cccc(Cl)c1)c1cccc(OCc2cccc(Cl)c2)c1. The highest BCUT2D eigenvalue weighted by Crippen LogP contribution is 2.27. The standard InChI is InChI=1S/C28H22Cl3NO2S.C2H6/c29-24-8-1-5-21(15-24)13-14-35(33)32(19-22-6-2-9-25(30)16-22)27-11-4-12-28(18-27)34-20-23-7-3-10-26(31)17-23;1-2/h1-18H,19-20H2;1-2H3/b14-13+;. The third kappa shape index (κ3) is 9.24. The highest BCUT2D eigenvalue weighted by molar-refractivity contribution is 7.89. The molecule has 0 heterocycles. The van der Waals surface area contributed by atoms with Crippen LogP contribution in [-0.2, 0) is 24.1 Å². The average molecular weight is 573 g/mol. The molecule has 4 rings (SSSR count). The van der Waals surface area contributed by atoms with Gasteiger partial charge in [-0.3, -0.25) is 4.31 Å². The first-order chi connectivity index (χ1) is 18.0. The molecule has 0 saturated carbocycles. The molecule has 0 aliphatic heterocycles. The van der Waals surface area contributed by atoms with E-state index >= 15 is 0 Å². The second kappa shape index (κ2) is 14.8. The Labute approximate surface area is 236 Å². The molecule has 0 aliphatic carbocycles. The Bertz CT molecular complexity index is 1360. The highest BCUT2D eigenvalue weighted by atomic mass is 35.5. The Morgan fingerprint density at radius 3 is 2.03 bits per heavy atom. The minimum absolute atomic E-state index is 0.371. The van der Waals surface area contributed by atoms with Crippen LogP contribution < -0.4 is 9.04 Å². The lowest BCUT2D eigenvalue weighted by Gasteiger charge is -2.23. The average Bonchev–Trinajstić information content (AvgIpc) is 2.91. The van der Waals surface area contributed by atoms with Gasteiger partial charge in [0.15, 0.2) is 0 Å². The van der Waals surface area contributed by atoms with Crippen LogP contribution in [0.15, 0.2) is 102 Å². The van der Waals surface area contributed by atoms with Crippen LogP contribution in [0.4, 0.5) is 5.69 Å². The van der Waals surface area contributed by atoms with Crippen LogP contribution in [0.2, 0.25) is 15.1 Å². The lowest BCUT2D eigenvalue weighted by molar-refractivity contribution is 0.306. The summed E-state index contributed by atoms with van der Waals surface area (Å²) in [6, 6.07) is 30.0. The van der Waals surface area contributed by atoms with Gasteiger partial charge in [-0.05, 0) is 71.3 Å². The molecule has 0 radical (unpaired) electrons. The Morgan fingerprint density at radius 2 is 1.35 bits per heavy atom. The van der Waals surface area contributed by atoms with Gasteiger partial charge in [0.1, 0.15) is 23.3 Å². The van der Waals surface area contributed by atoms with E-state index in [1.165, 1.54) is 0 Å². The predicted octanol–water partition coefficient (Wildman–Crippen LogP) is 9.59. The van der Waals surface area contributed by atoms with Gasteiger partial charge in [0, 0.05) is 26.5 Å². The number of halogens is 3. The molecule has 1 unspecified atom stereocenters. The van der Waals surface area contributed by atoms with Crippen molar-refractivity contribution >= 4 is 57.6 Å². The molecule has 0 fully saturated rings. The van der Waals surface area contributed by atoms with Crippen LogP contribution in [0.25, 0.3) is 6.08 Å². The van der Waals surface area contributed by atoms with Crippen molar-refractivity contribution in [2.75, 3.05) is 4.31 Å². The second-order valence-corrected chi connectivity index (χ2v) is 10.3. The Kier molecular flexibility index (Phi) is 11.6. The van der Waals surface area contributed by atoms with Gasteiger partial charge < -0.3 is 4.74 Å². The third-order valence-corrected chi connectivity index (χ3v) is 6.91. The zero-order valence-electron chi connectivity index (χ0n) is 20.6. The Balaban J connectivity index is 0.00000186. The molecule has 0 N–H and O–H groups in total. The van der Waals surface area contributed by atoms with Gasteiger partial charge in [-0.1, -0.05) is 91.1 Å². The molecule has 0 aromatic heterocycles. The summed E-state index contributed by atoms with van der Waals surface area (Å²) in [4.78, 5) is 0. The maximum atomic E-state index is 13.4. The van der Waals surface area contributed by atoms with Crippen molar-refractivity contribution in [1.29, 1.82) is 0 Å². The number of hydrogen-bond acceptors (Lipinski definition) is 2. The number of anilines is 1. The fourth-order valence-corrected chi connectivity index (χ4v) is 5.04. The van der Waals surface area contributed by atoms with E-state index in [-0.39, 0.29) is 0 Å². The van der Waals surface area contributed by atoms with Crippen LogP contribution >= 0.6 is 34.8 Å². The van der Waals surface area contributed by atoms with Crippen molar-refractivity contribution in [3.8, 4) is 5.75 Å². The Hall–Kier alpha value is -2.76. The van der Waals surface area contributed by atoms with E-state index in [4.69, 9.17) is 39.5 Å². The van der Waals surface area contributed by atoms with Crippen LogP contribution in [0.5, 0.6) is 5.75 Å². The highest BCUT2D eigenvalue weighted by Gasteiger charge is 2.14. The van der Waals surface area contributed by atoms with E-state index in [9.17, 15) is 4.21 Å². The van der Waals surface area contributed by atoms with Gasteiger partial charge in [-0.25, -0.2) is 4.21 Å². The van der Waals surface area contributed by atoms with Crippen LogP contribution in [-0.4, -0.2) is 4.21 Å². The summed E-state index contributed by atoms with van der Waals surface area (Å²) >= 11 is 18.4. The van der Waals surface area contributed by atoms with Crippen molar-refractivity contribution in [2.45, 2.75) is 27.0 Å². The smallest absolute Gasteiger partial charge is 0.145 e. The molecule has 4 aromatic carbocycles. The summed E-state index contributed by atoms with van der Waals surface area (Å²) in [5.74, 6) is 0.661. The monoisotopic (exact) mass is 571 g/mol. The predicted molar refractivity (Wildman–Crippen MR) is 160 cm³/mol. The fraction of sp³-hybridized carbons (Fsp3) is 0.133. The van der Waals surface area contributed by atoms with Gasteiger partial charge in [-0.15, -0.1) is 0 Å². The maximum Gasteiger partial charge on any atom is 0.145 e. The van der Waals surface area contributed by atoms with Crippen LogP contribution in [0.3, 0.4) is 0 Å². The summed E-state index contributed by atoms with van der Waals surface area (Å²) in [5, 5.41) is 3.56. The number of benzene rings is 4. The van der Waals surface area contributed by atoms with Crippen LogP contribution in [0, 0.1) is 0 Å². The van der Waals surface area contributed by atoms with Crippen molar-refractivity contribution in [3.63, 3.8) is 0 Å². The number of ether oxygens (including phenoxy) is 1. The molecule has 7 heteroatoms. The molecular formula is C30H28Cl3NO2S. The van der Waals surface area contributed by atoms with Gasteiger partial charge in [0.2, 0.25) is 0 Å². The molecular weight excluding hydrogens is 545 g/mol. The Morgan fingerprint density at radius 1 is 0.757 bits per heavy atom. The maximum absolute atomic E-state index is 13.4. The second-order valence-electron chi connectivity index (χ2n) is 7.72. The molecule has 0 aliphatic rings. The largest absolute Gasteiger partial charge is 0.489 e. The lowest BCUT2D eigenvalue weighted by atomic mass is 10.2. The van der Waals surface area contributed by atoms with E-state index in [1.54, 1.807) is 21.9 Å². The van der Waals surface area contributed by atoms with E-state index in [2.05, 4.69) is 0 Å². The van der Waals surface area contributed by atoms with E-state index in [0.717, 1.165) is 22.4 Å². The number of rotatable bonds is 9. The number of hydrogen-bond donors (Lipinski definition) is 0. The van der Waals surface area contributed by atoms with E-state index in [1.807, 2.05) is 105 Å². The molecule has 0 amide bonds. The third-order valence-electron chi connectivity index (χ3n) is 5.06. The topological polar surface area (TPSA) is 29.5 Å². The van der Waals surface area contributed by atoms with Gasteiger partial charge in [0.25, 0.3) is 0 Å². The molecule has 0 bridgehead atoms. The fourth-order valence-electron chi connectivity index (χ4n) is 3.40. The molecule has 0 spiro atoms. The van der Waals surface area contributed by atoms with Gasteiger partial charge in [0.05, 0.1) is 12.2 Å². The molecule has 0 saturated heterocycles. The normalized spacial score (nSPS) is 11.5. The minimum Gasteiger partial charge on any atom is -0.489 e. The summed E-state index contributed by atoms with van der Waals surface area (Å²) < 4.78 is 21.2. The van der Waals surface area contributed by atoms with Crippen molar-refractivity contribution in [3.05, 3.63) is 134 Å². The first-order valence-corrected chi connectivity index (χ1v) is 14.1. The summed E-state index contributed by atoms with van der Waals surface area (Å²) in [5.41, 5.74) is 3.52. The zero-order valence-corrected chi connectivity index (χ0v) is 23.7. The first kappa shape index (κ1) is 28.8. The molecule has 1 atom stereocenters. The lowest BCUT2D eigenvalue weighted by Crippen LogP contribution is -2.23. The van der Waals surface area contributed by atoms with Gasteiger partial charge >= 0.3 is 0 Å². The summed E-state index contributed by atoms with van der Waals surface area (Å²) in [6.07, 6.45) is 1.80. The molecule has 3 nitrogen and oxygen atoms in total. The first-order valence-electron chi connectivity index (χ1n) is 11.8. The van der Waals surface area contributed by atoms with E-state index in [0.29, 0.717) is 34.0 Å². The number of nitrogens with zero attached hydrogens (tertiary/aromatic N) is 1. The zero-order chi connectivity index (χ0) is 26.6. The van der Waals surface area contributed by atoms with Crippen molar-refractivity contribution in [1.82, 2.24) is 0 Å². The molecule has 4 aromatic rings. The molecule has 192 valence electrons. The van der Waals surface area contributed by atoms with E-state index < -0.39 is 11.0 Å². The van der Waals surface area contributed by atoms with Crippen LogP contribution in [0.1, 0.15) is 30.5 Å². The molecule has 37 heavy (non-hydrogen) atoms. The minimum atomic E-state index is -1.48. The summed E-state index contributed by atoms with van der Waals surface area (Å²) in [6.45, 7) is 4.76.